The Bertz CT molecular complexity index is 689. The van der Waals surface area contributed by atoms with Gasteiger partial charge in [-0.1, -0.05) is 11.6 Å². The number of carbonyl (C=O) groups excluding carboxylic acids is 1. The third-order valence-corrected chi connectivity index (χ3v) is 3.49. The summed E-state index contributed by atoms with van der Waals surface area (Å²) in [5.41, 5.74) is -0.00968. The molecule has 0 atom stereocenters. The van der Waals surface area contributed by atoms with Gasteiger partial charge in [-0.15, -0.1) is 11.3 Å². The summed E-state index contributed by atoms with van der Waals surface area (Å²) >= 11 is 6.58. The molecule has 1 amide bonds. The van der Waals surface area contributed by atoms with Crippen LogP contribution in [-0.2, 0) is 4.79 Å². The van der Waals surface area contributed by atoms with Crippen molar-refractivity contribution in [3.8, 4) is 5.75 Å². The maximum Gasteiger partial charge on any atom is 0.346 e. The smallest absolute Gasteiger partial charge is 0.346 e. The van der Waals surface area contributed by atoms with Crippen LogP contribution in [0.4, 0.5) is 10.1 Å². The topological polar surface area (TPSA) is 75.6 Å². The Kier molecular flexibility index (Phi) is 4.77. The van der Waals surface area contributed by atoms with E-state index in [2.05, 4.69) is 5.32 Å². The zero-order chi connectivity index (χ0) is 15.4. The molecular formula is C13H9ClFNO4S. The molecule has 0 saturated heterocycles. The minimum atomic E-state index is -1.07. The molecule has 0 bridgehead atoms. The number of rotatable bonds is 5. The molecule has 0 aliphatic rings. The quantitative estimate of drug-likeness (QED) is 0.883. The van der Waals surface area contributed by atoms with Crippen molar-refractivity contribution >= 4 is 40.5 Å². The fourth-order valence-electron chi connectivity index (χ4n) is 1.43. The third kappa shape index (κ3) is 4.17. The molecule has 2 aromatic rings. The Labute approximate surface area is 127 Å². The van der Waals surface area contributed by atoms with Crippen LogP contribution in [0.25, 0.3) is 0 Å². The predicted octanol–water partition coefficient (Wildman–Crippen LogP) is 3.26. The molecule has 0 aliphatic heterocycles. The fourth-order valence-corrected chi connectivity index (χ4v) is 2.26. The second-order valence-electron chi connectivity index (χ2n) is 3.91. The van der Waals surface area contributed by atoms with Crippen molar-refractivity contribution in [1.29, 1.82) is 0 Å². The second kappa shape index (κ2) is 6.55. The van der Waals surface area contributed by atoms with Crippen molar-refractivity contribution in [1.82, 2.24) is 0 Å². The van der Waals surface area contributed by atoms with E-state index in [-0.39, 0.29) is 27.9 Å². The van der Waals surface area contributed by atoms with Gasteiger partial charge in [0, 0.05) is 16.5 Å². The molecule has 1 aromatic carbocycles. The van der Waals surface area contributed by atoms with Gasteiger partial charge < -0.3 is 15.2 Å². The number of aromatic carboxylic acids is 1. The van der Waals surface area contributed by atoms with Crippen LogP contribution in [0.15, 0.2) is 29.6 Å². The van der Waals surface area contributed by atoms with Crippen LogP contribution in [-0.4, -0.2) is 23.6 Å². The monoisotopic (exact) mass is 329 g/mol. The summed E-state index contributed by atoms with van der Waals surface area (Å²) in [6.45, 7) is -0.363. The number of hydrogen-bond acceptors (Lipinski definition) is 4. The average Bonchev–Trinajstić information content (AvgIpc) is 2.89. The van der Waals surface area contributed by atoms with Gasteiger partial charge in [0.05, 0.1) is 5.69 Å². The largest absolute Gasteiger partial charge is 0.483 e. The lowest BCUT2D eigenvalue weighted by molar-refractivity contribution is -0.118. The molecule has 0 fully saturated rings. The van der Waals surface area contributed by atoms with Crippen LogP contribution in [0.5, 0.6) is 5.75 Å². The first-order valence-corrected chi connectivity index (χ1v) is 6.91. The average molecular weight is 330 g/mol. The van der Waals surface area contributed by atoms with Gasteiger partial charge in [-0.3, -0.25) is 4.79 Å². The Morgan fingerprint density at radius 3 is 2.76 bits per heavy atom. The van der Waals surface area contributed by atoms with Gasteiger partial charge in [-0.25, -0.2) is 9.18 Å². The number of carbonyl (C=O) groups is 2. The zero-order valence-corrected chi connectivity index (χ0v) is 12.0. The molecule has 0 radical (unpaired) electrons. The number of benzene rings is 1. The molecule has 5 nitrogen and oxygen atoms in total. The van der Waals surface area contributed by atoms with E-state index in [4.69, 9.17) is 21.4 Å². The van der Waals surface area contributed by atoms with E-state index >= 15 is 0 Å². The Morgan fingerprint density at radius 2 is 2.14 bits per heavy atom. The van der Waals surface area contributed by atoms with Gasteiger partial charge in [-0.2, -0.15) is 0 Å². The molecule has 0 spiro atoms. The van der Waals surface area contributed by atoms with Crippen LogP contribution in [0, 0.1) is 5.82 Å². The highest BCUT2D eigenvalue weighted by molar-refractivity contribution is 7.12. The molecule has 2 rings (SSSR count). The first-order chi connectivity index (χ1) is 9.95. The Morgan fingerprint density at radius 1 is 1.38 bits per heavy atom. The molecule has 0 aliphatic carbocycles. The number of carboxylic acids is 1. The molecule has 8 heteroatoms. The molecule has 0 unspecified atom stereocenters. The summed E-state index contributed by atoms with van der Waals surface area (Å²) in [7, 11) is 0. The summed E-state index contributed by atoms with van der Waals surface area (Å²) in [5.74, 6) is -2.02. The first-order valence-electron chi connectivity index (χ1n) is 5.65. The van der Waals surface area contributed by atoms with Crippen molar-refractivity contribution in [2.24, 2.45) is 0 Å². The molecule has 1 heterocycles. The van der Waals surface area contributed by atoms with Gasteiger partial charge in [0.25, 0.3) is 5.91 Å². The summed E-state index contributed by atoms with van der Waals surface area (Å²) in [6.07, 6.45) is 0. The summed E-state index contributed by atoms with van der Waals surface area (Å²) in [6, 6.07) is 5.17. The van der Waals surface area contributed by atoms with E-state index < -0.39 is 17.7 Å². The first kappa shape index (κ1) is 15.3. The predicted molar refractivity (Wildman–Crippen MR) is 76.8 cm³/mol. The SMILES string of the molecule is O=C(COc1csc(C(=O)O)c1)Nc1ccc(Cl)cc1F. The highest BCUT2D eigenvalue weighted by atomic mass is 35.5. The van der Waals surface area contributed by atoms with Crippen LogP contribution >= 0.6 is 22.9 Å². The van der Waals surface area contributed by atoms with Gasteiger partial charge in [0.1, 0.15) is 16.4 Å². The summed E-state index contributed by atoms with van der Waals surface area (Å²) in [5, 5.41) is 12.8. The highest BCUT2D eigenvalue weighted by Crippen LogP contribution is 2.22. The third-order valence-electron chi connectivity index (χ3n) is 2.36. The number of hydrogen-bond donors (Lipinski definition) is 2. The van der Waals surface area contributed by atoms with Gasteiger partial charge in [0.2, 0.25) is 0 Å². The van der Waals surface area contributed by atoms with E-state index in [1.165, 1.54) is 23.6 Å². The van der Waals surface area contributed by atoms with Gasteiger partial charge >= 0.3 is 5.97 Å². The van der Waals surface area contributed by atoms with Crippen molar-refractivity contribution in [3.05, 3.63) is 45.4 Å². The van der Waals surface area contributed by atoms with E-state index in [1.807, 2.05) is 0 Å². The van der Waals surface area contributed by atoms with Crippen molar-refractivity contribution < 1.29 is 23.8 Å². The van der Waals surface area contributed by atoms with Crippen LogP contribution < -0.4 is 10.1 Å². The van der Waals surface area contributed by atoms with E-state index in [0.717, 1.165) is 17.4 Å². The van der Waals surface area contributed by atoms with E-state index in [0.29, 0.717) is 0 Å². The number of anilines is 1. The number of amides is 1. The lowest BCUT2D eigenvalue weighted by atomic mass is 10.3. The maximum atomic E-state index is 13.5. The van der Waals surface area contributed by atoms with Gasteiger partial charge in [0.15, 0.2) is 6.61 Å². The maximum absolute atomic E-state index is 13.5. The fraction of sp³-hybridized carbons (Fsp3) is 0.0769. The van der Waals surface area contributed by atoms with Crippen LogP contribution in [0.3, 0.4) is 0 Å². The van der Waals surface area contributed by atoms with Crippen molar-refractivity contribution in [2.45, 2.75) is 0 Å². The number of halogens is 2. The highest BCUT2D eigenvalue weighted by Gasteiger charge is 2.11. The molecule has 1 aromatic heterocycles. The summed E-state index contributed by atoms with van der Waals surface area (Å²) in [4.78, 5) is 22.4. The van der Waals surface area contributed by atoms with Crippen LogP contribution in [0.1, 0.15) is 9.67 Å². The Balaban J connectivity index is 1.91. The summed E-state index contributed by atoms with van der Waals surface area (Å²) < 4.78 is 18.6. The van der Waals surface area contributed by atoms with Crippen LogP contribution in [0.2, 0.25) is 5.02 Å². The minimum Gasteiger partial charge on any atom is -0.483 e. The lowest BCUT2D eigenvalue weighted by Gasteiger charge is -2.07. The lowest BCUT2D eigenvalue weighted by Crippen LogP contribution is -2.20. The normalized spacial score (nSPS) is 10.2. The van der Waals surface area contributed by atoms with Crippen molar-refractivity contribution in [2.75, 3.05) is 11.9 Å². The molecule has 110 valence electrons. The van der Waals surface area contributed by atoms with E-state index in [9.17, 15) is 14.0 Å². The van der Waals surface area contributed by atoms with E-state index in [1.54, 1.807) is 0 Å². The van der Waals surface area contributed by atoms with Crippen molar-refractivity contribution in [3.63, 3.8) is 0 Å². The Hall–Kier alpha value is -2.12. The number of nitrogens with one attached hydrogen (secondary N) is 1. The number of ether oxygens (including phenoxy) is 1. The molecule has 0 saturated carbocycles. The number of thiophene rings is 1. The standard InChI is InChI=1S/C13H9ClFNO4S/c14-7-1-2-10(9(15)3-7)16-12(17)5-20-8-4-11(13(18)19)21-6-8/h1-4,6H,5H2,(H,16,17)(H,18,19). The molecule has 2 N–H and O–H groups in total. The second-order valence-corrected chi connectivity index (χ2v) is 5.26. The molecule has 21 heavy (non-hydrogen) atoms. The van der Waals surface area contributed by atoms with Gasteiger partial charge in [-0.05, 0) is 18.2 Å². The molecular weight excluding hydrogens is 321 g/mol. The zero-order valence-electron chi connectivity index (χ0n) is 10.4. The minimum absolute atomic E-state index is 0.00968. The number of carboxylic acid groups (broad SMARTS) is 1.